The van der Waals surface area contributed by atoms with Crippen molar-refractivity contribution >= 4 is 5.69 Å². The third kappa shape index (κ3) is 2.87. The predicted molar refractivity (Wildman–Crippen MR) is 65.8 cm³/mol. The summed E-state index contributed by atoms with van der Waals surface area (Å²) in [5, 5.41) is 14.5. The number of aromatic nitrogens is 2. The van der Waals surface area contributed by atoms with Gasteiger partial charge in [0.25, 0.3) is 11.6 Å². The summed E-state index contributed by atoms with van der Waals surface area (Å²) in [7, 11) is 0. The number of nitro benzene ring substituents is 1. The molecule has 1 heterocycles. The van der Waals surface area contributed by atoms with Crippen molar-refractivity contribution in [3.8, 4) is 5.75 Å². The molecule has 0 saturated heterocycles. The van der Waals surface area contributed by atoms with E-state index in [0.717, 1.165) is 0 Å². The van der Waals surface area contributed by atoms with Gasteiger partial charge in [-0.3, -0.25) is 10.1 Å². The van der Waals surface area contributed by atoms with Crippen LogP contribution in [-0.2, 0) is 13.0 Å². The number of ether oxygens (including phenoxy) is 1. The van der Waals surface area contributed by atoms with Crippen molar-refractivity contribution in [3.05, 3.63) is 45.6 Å². The van der Waals surface area contributed by atoms with Crippen LogP contribution in [0, 0.1) is 17.0 Å². The van der Waals surface area contributed by atoms with E-state index >= 15 is 0 Å². The van der Waals surface area contributed by atoms with Crippen LogP contribution >= 0.6 is 0 Å². The summed E-state index contributed by atoms with van der Waals surface area (Å²) in [6.07, 6.45) is 0.680. The molecule has 0 amide bonds. The number of hydrogen-bond acceptors (Lipinski definition) is 6. The van der Waals surface area contributed by atoms with Crippen molar-refractivity contribution in [2.45, 2.75) is 26.9 Å². The van der Waals surface area contributed by atoms with E-state index in [9.17, 15) is 10.1 Å². The number of rotatable bonds is 5. The largest absolute Gasteiger partial charge is 0.483 e. The van der Waals surface area contributed by atoms with Gasteiger partial charge in [0.1, 0.15) is 5.75 Å². The summed E-state index contributed by atoms with van der Waals surface area (Å²) in [5.74, 6) is 1.39. The second-order valence-electron chi connectivity index (χ2n) is 3.90. The van der Waals surface area contributed by atoms with Crippen LogP contribution < -0.4 is 4.74 Å². The highest BCUT2D eigenvalue weighted by molar-refractivity contribution is 5.48. The molecule has 0 unspecified atom stereocenters. The third-order valence-corrected chi connectivity index (χ3v) is 2.63. The molecule has 0 bridgehead atoms. The number of hydrogen-bond donors (Lipinski definition) is 0. The van der Waals surface area contributed by atoms with E-state index in [1.165, 1.54) is 6.07 Å². The first-order valence-corrected chi connectivity index (χ1v) is 5.80. The first-order chi connectivity index (χ1) is 9.11. The molecular weight excluding hydrogens is 250 g/mol. The zero-order chi connectivity index (χ0) is 13.8. The quantitative estimate of drug-likeness (QED) is 0.607. The monoisotopic (exact) mass is 263 g/mol. The van der Waals surface area contributed by atoms with Crippen LogP contribution in [0.4, 0.5) is 5.69 Å². The zero-order valence-electron chi connectivity index (χ0n) is 10.6. The fourth-order valence-corrected chi connectivity index (χ4v) is 1.59. The van der Waals surface area contributed by atoms with Gasteiger partial charge in [-0.25, -0.2) is 0 Å². The molecule has 2 aromatic rings. The van der Waals surface area contributed by atoms with E-state index in [1.807, 2.05) is 6.92 Å². The zero-order valence-corrected chi connectivity index (χ0v) is 10.6. The summed E-state index contributed by atoms with van der Waals surface area (Å²) in [4.78, 5) is 14.5. The van der Waals surface area contributed by atoms with E-state index in [4.69, 9.17) is 9.26 Å². The van der Waals surface area contributed by atoms with Gasteiger partial charge in [0, 0.05) is 12.5 Å². The van der Waals surface area contributed by atoms with Crippen molar-refractivity contribution < 1.29 is 14.2 Å². The summed E-state index contributed by atoms with van der Waals surface area (Å²) in [6, 6.07) is 4.68. The Morgan fingerprint density at radius 3 is 2.89 bits per heavy atom. The highest BCUT2D eigenvalue weighted by atomic mass is 16.6. The summed E-state index contributed by atoms with van der Waals surface area (Å²) in [6.45, 7) is 3.65. The molecule has 0 fully saturated rings. The van der Waals surface area contributed by atoms with E-state index in [2.05, 4.69) is 10.1 Å². The van der Waals surface area contributed by atoms with Crippen molar-refractivity contribution in [1.82, 2.24) is 10.1 Å². The maximum absolute atomic E-state index is 10.8. The number of benzene rings is 1. The SMILES string of the molecule is CCc1noc(COc2cccc([N+](=O)[O-])c2C)n1. The summed E-state index contributed by atoms with van der Waals surface area (Å²) in [5.41, 5.74) is 0.500. The van der Waals surface area contributed by atoms with Gasteiger partial charge >= 0.3 is 0 Å². The van der Waals surface area contributed by atoms with Crippen LogP contribution in [-0.4, -0.2) is 15.1 Å². The van der Waals surface area contributed by atoms with E-state index in [0.29, 0.717) is 29.4 Å². The molecule has 0 N–H and O–H groups in total. The molecule has 0 aliphatic carbocycles. The summed E-state index contributed by atoms with van der Waals surface area (Å²) >= 11 is 0. The van der Waals surface area contributed by atoms with Crippen molar-refractivity contribution in [2.24, 2.45) is 0 Å². The first kappa shape index (κ1) is 13.0. The molecule has 0 spiro atoms. The second kappa shape index (κ2) is 5.47. The number of aryl methyl sites for hydroxylation is 1. The van der Waals surface area contributed by atoms with Crippen LogP contribution in [0.1, 0.15) is 24.2 Å². The summed E-state index contributed by atoms with van der Waals surface area (Å²) < 4.78 is 10.4. The fourth-order valence-electron chi connectivity index (χ4n) is 1.59. The molecule has 7 heteroatoms. The van der Waals surface area contributed by atoms with Crippen LogP contribution in [0.2, 0.25) is 0 Å². The van der Waals surface area contributed by atoms with Crippen LogP contribution in [0.25, 0.3) is 0 Å². The molecule has 0 aliphatic heterocycles. The van der Waals surface area contributed by atoms with Gasteiger partial charge < -0.3 is 9.26 Å². The molecule has 2 rings (SSSR count). The molecule has 7 nitrogen and oxygen atoms in total. The lowest BCUT2D eigenvalue weighted by molar-refractivity contribution is -0.385. The average molecular weight is 263 g/mol. The molecule has 19 heavy (non-hydrogen) atoms. The van der Waals surface area contributed by atoms with Gasteiger partial charge in [0.15, 0.2) is 12.4 Å². The standard InChI is InChI=1S/C12H13N3O4/c1-3-11-13-12(19-14-11)7-18-10-6-4-5-9(8(10)2)15(16)17/h4-6H,3,7H2,1-2H3. The van der Waals surface area contributed by atoms with Gasteiger partial charge in [0.2, 0.25) is 0 Å². The minimum absolute atomic E-state index is 0.0253. The van der Waals surface area contributed by atoms with Crippen molar-refractivity contribution in [2.75, 3.05) is 0 Å². The Hall–Kier alpha value is -2.44. The second-order valence-corrected chi connectivity index (χ2v) is 3.90. The molecule has 0 radical (unpaired) electrons. The van der Waals surface area contributed by atoms with Gasteiger partial charge in [-0.1, -0.05) is 18.1 Å². The minimum Gasteiger partial charge on any atom is -0.483 e. The molecule has 0 aliphatic rings. The Balaban J connectivity index is 2.11. The predicted octanol–water partition coefficient (Wildman–Crippen LogP) is 2.43. The van der Waals surface area contributed by atoms with Crippen LogP contribution in [0.15, 0.2) is 22.7 Å². The van der Waals surface area contributed by atoms with E-state index in [-0.39, 0.29) is 12.3 Å². The normalized spacial score (nSPS) is 10.4. The minimum atomic E-state index is -0.440. The van der Waals surface area contributed by atoms with Gasteiger partial charge in [0.05, 0.1) is 10.5 Å². The Labute approximate surface area is 109 Å². The Morgan fingerprint density at radius 1 is 1.47 bits per heavy atom. The van der Waals surface area contributed by atoms with Gasteiger partial charge in [-0.2, -0.15) is 4.98 Å². The highest BCUT2D eigenvalue weighted by Crippen LogP contribution is 2.27. The van der Waals surface area contributed by atoms with Crippen molar-refractivity contribution in [1.29, 1.82) is 0 Å². The lowest BCUT2D eigenvalue weighted by Gasteiger charge is -2.06. The van der Waals surface area contributed by atoms with Gasteiger partial charge in [-0.15, -0.1) is 0 Å². The maximum atomic E-state index is 10.8. The van der Waals surface area contributed by atoms with E-state index < -0.39 is 4.92 Å². The molecule has 0 atom stereocenters. The lowest BCUT2D eigenvalue weighted by Crippen LogP contribution is -2.00. The molecular formula is C12H13N3O4. The van der Waals surface area contributed by atoms with Crippen LogP contribution in [0.3, 0.4) is 0 Å². The third-order valence-electron chi connectivity index (χ3n) is 2.63. The Morgan fingerprint density at radius 2 is 2.26 bits per heavy atom. The van der Waals surface area contributed by atoms with Crippen molar-refractivity contribution in [3.63, 3.8) is 0 Å². The number of nitrogens with zero attached hydrogens (tertiary/aromatic N) is 3. The maximum Gasteiger partial charge on any atom is 0.276 e. The topological polar surface area (TPSA) is 91.3 Å². The molecule has 0 saturated carbocycles. The Bertz CT molecular complexity index is 594. The molecule has 100 valence electrons. The lowest BCUT2D eigenvalue weighted by atomic mass is 10.2. The van der Waals surface area contributed by atoms with Gasteiger partial charge in [-0.05, 0) is 13.0 Å². The first-order valence-electron chi connectivity index (χ1n) is 5.80. The average Bonchev–Trinajstić information content (AvgIpc) is 2.85. The Kier molecular flexibility index (Phi) is 3.74. The fraction of sp³-hybridized carbons (Fsp3) is 0.333. The van der Waals surface area contributed by atoms with Crippen LogP contribution in [0.5, 0.6) is 5.75 Å². The number of nitro groups is 1. The molecule has 1 aromatic carbocycles. The smallest absolute Gasteiger partial charge is 0.276 e. The van der Waals surface area contributed by atoms with E-state index in [1.54, 1.807) is 19.1 Å². The highest BCUT2D eigenvalue weighted by Gasteiger charge is 2.15. The molecule has 1 aromatic heterocycles.